The van der Waals surface area contributed by atoms with Crippen molar-refractivity contribution in [3.05, 3.63) is 54.2 Å². The molecule has 5 nitrogen and oxygen atoms in total. The zero-order valence-corrected chi connectivity index (χ0v) is 16.9. The molecule has 0 aliphatic heterocycles. The zero-order chi connectivity index (χ0) is 19.9. The van der Waals surface area contributed by atoms with E-state index in [1.165, 1.54) is 5.39 Å². The Hall–Kier alpha value is -2.66. The third kappa shape index (κ3) is 4.98. The molecule has 148 valence electrons. The molecule has 1 heterocycles. The lowest BCUT2D eigenvalue weighted by atomic mass is 10.1. The van der Waals surface area contributed by atoms with E-state index in [0.717, 1.165) is 43.4 Å². The Bertz CT molecular complexity index is 915. The largest absolute Gasteiger partial charge is 0.355 e. The summed E-state index contributed by atoms with van der Waals surface area (Å²) in [5.41, 5.74) is 1.23. The van der Waals surface area contributed by atoms with Crippen LogP contribution in [0.2, 0.25) is 0 Å². The summed E-state index contributed by atoms with van der Waals surface area (Å²) in [6.45, 7) is 9.56. The fourth-order valence-corrected chi connectivity index (χ4v) is 3.39. The summed E-state index contributed by atoms with van der Waals surface area (Å²) in [6, 6.07) is 16.0. The number of rotatable bonds is 9. The summed E-state index contributed by atoms with van der Waals surface area (Å²) in [7, 11) is 0. The quantitative estimate of drug-likeness (QED) is 0.584. The first kappa shape index (κ1) is 20.1. The summed E-state index contributed by atoms with van der Waals surface area (Å²) in [5, 5.41) is 9.28. The van der Waals surface area contributed by atoms with Gasteiger partial charge in [0.15, 0.2) is 11.5 Å². The molecule has 0 spiro atoms. The Morgan fingerprint density at radius 3 is 2.61 bits per heavy atom. The minimum atomic E-state index is -0.189. The van der Waals surface area contributed by atoms with Gasteiger partial charge in [0.1, 0.15) is 0 Å². The fraction of sp³-hybridized carbons (Fsp3) is 0.391. The van der Waals surface area contributed by atoms with Gasteiger partial charge in [-0.25, -0.2) is 0 Å². The van der Waals surface area contributed by atoms with Gasteiger partial charge in [0.25, 0.3) is 5.91 Å². The van der Waals surface area contributed by atoms with Crippen molar-refractivity contribution in [1.82, 2.24) is 15.4 Å². The van der Waals surface area contributed by atoms with Crippen LogP contribution in [0.4, 0.5) is 0 Å². The normalized spacial score (nSPS) is 12.4. The lowest BCUT2D eigenvalue weighted by molar-refractivity contribution is 0.0928. The van der Waals surface area contributed by atoms with Crippen LogP contribution in [-0.4, -0.2) is 41.6 Å². The first-order chi connectivity index (χ1) is 13.6. The van der Waals surface area contributed by atoms with Gasteiger partial charge in [0.2, 0.25) is 0 Å². The molecule has 5 heteroatoms. The van der Waals surface area contributed by atoms with Crippen LogP contribution in [0.5, 0.6) is 0 Å². The van der Waals surface area contributed by atoms with Crippen LogP contribution >= 0.6 is 0 Å². The van der Waals surface area contributed by atoms with E-state index in [4.69, 9.17) is 4.52 Å². The average molecular weight is 380 g/mol. The van der Waals surface area contributed by atoms with Crippen LogP contribution in [0.25, 0.3) is 22.1 Å². The molecule has 1 N–H and O–H groups in total. The van der Waals surface area contributed by atoms with Crippen LogP contribution < -0.4 is 5.32 Å². The van der Waals surface area contributed by atoms with Crippen molar-refractivity contribution in [2.24, 2.45) is 0 Å². The smallest absolute Gasteiger partial charge is 0.273 e. The topological polar surface area (TPSA) is 58.4 Å². The second-order valence-corrected chi connectivity index (χ2v) is 7.18. The number of carbonyl (C=O) groups is 1. The molecular weight excluding hydrogens is 350 g/mol. The van der Waals surface area contributed by atoms with Gasteiger partial charge >= 0.3 is 0 Å². The molecule has 1 aromatic heterocycles. The van der Waals surface area contributed by atoms with E-state index in [2.05, 4.69) is 41.4 Å². The minimum absolute atomic E-state index is 0.101. The molecule has 1 amide bonds. The molecule has 3 rings (SSSR count). The maximum Gasteiger partial charge on any atom is 0.273 e. The number of nitrogens with zero attached hydrogens (tertiary/aromatic N) is 2. The van der Waals surface area contributed by atoms with E-state index in [1.807, 2.05) is 37.3 Å². The average Bonchev–Trinajstić information content (AvgIpc) is 3.21. The second-order valence-electron chi connectivity index (χ2n) is 7.18. The van der Waals surface area contributed by atoms with E-state index >= 15 is 0 Å². The number of hydrogen-bond donors (Lipinski definition) is 1. The lowest BCUT2D eigenvalue weighted by Crippen LogP contribution is -2.33. The summed E-state index contributed by atoms with van der Waals surface area (Å²) in [6.07, 6.45) is 2.00. The maximum absolute atomic E-state index is 12.5. The standard InChI is InChI=1S/C23H29N3O2/c1-4-26(5-2)14-8-9-17(3)24-23(27)21-16-22(28-25-21)20-13-12-18-10-6-7-11-19(18)15-20/h6-7,10-13,15-17H,4-5,8-9,14H2,1-3H3,(H,24,27)/t17-/m1/s1. The highest BCUT2D eigenvalue weighted by Gasteiger charge is 2.16. The highest BCUT2D eigenvalue weighted by molar-refractivity contribution is 5.93. The van der Waals surface area contributed by atoms with E-state index in [0.29, 0.717) is 11.5 Å². The Morgan fingerprint density at radius 2 is 1.86 bits per heavy atom. The molecule has 2 aromatic carbocycles. The molecule has 0 aliphatic carbocycles. The van der Waals surface area contributed by atoms with Crippen LogP contribution in [0, 0.1) is 0 Å². The van der Waals surface area contributed by atoms with Gasteiger partial charge in [-0.1, -0.05) is 55.4 Å². The molecule has 0 bridgehead atoms. The highest BCUT2D eigenvalue weighted by Crippen LogP contribution is 2.25. The van der Waals surface area contributed by atoms with E-state index in [-0.39, 0.29) is 11.9 Å². The third-order valence-corrected chi connectivity index (χ3v) is 5.16. The molecule has 28 heavy (non-hydrogen) atoms. The Morgan fingerprint density at radius 1 is 1.11 bits per heavy atom. The van der Waals surface area contributed by atoms with Crippen molar-refractivity contribution in [2.75, 3.05) is 19.6 Å². The molecule has 1 atom stereocenters. The van der Waals surface area contributed by atoms with Crippen LogP contribution in [0.15, 0.2) is 53.1 Å². The van der Waals surface area contributed by atoms with Gasteiger partial charge in [-0.3, -0.25) is 4.79 Å². The Balaban J connectivity index is 1.58. The van der Waals surface area contributed by atoms with Crippen molar-refractivity contribution >= 4 is 16.7 Å². The lowest BCUT2D eigenvalue weighted by Gasteiger charge is -2.19. The number of carbonyl (C=O) groups excluding carboxylic acids is 1. The van der Waals surface area contributed by atoms with Gasteiger partial charge in [-0.15, -0.1) is 0 Å². The Labute approximate surface area is 166 Å². The number of hydrogen-bond acceptors (Lipinski definition) is 4. The van der Waals surface area contributed by atoms with Gasteiger partial charge in [0.05, 0.1) is 0 Å². The van der Waals surface area contributed by atoms with Gasteiger partial charge in [-0.05, 0) is 56.2 Å². The second kappa shape index (κ2) is 9.51. The van der Waals surface area contributed by atoms with Gasteiger partial charge in [-0.2, -0.15) is 0 Å². The van der Waals surface area contributed by atoms with Crippen LogP contribution in [0.3, 0.4) is 0 Å². The predicted octanol–water partition coefficient (Wildman–Crippen LogP) is 4.74. The minimum Gasteiger partial charge on any atom is -0.355 e. The summed E-state index contributed by atoms with van der Waals surface area (Å²) in [5.74, 6) is 0.413. The van der Waals surface area contributed by atoms with Crippen molar-refractivity contribution in [1.29, 1.82) is 0 Å². The van der Waals surface area contributed by atoms with Gasteiger partial charge < -0.3 is 14.7 Å². The SMILES string of the molecule is CCN(CC)CCC[C@@H](C)NC(=O)c1cc(-c2ccc3ccccc3c2)on1. The third-order valence-electron chi connectivity index (χ3n) is 5.16. The molecule has 0 fully saturated rings. The van der Waals surface area contributed by atoms with Crippen molar-refractivity contribution < 1.29 is 9.32 Å². The molecular formula is C23H29N3O2. The highest BCUT2D eigenvalue weighted by atomic mass is 16.5. The monoisotopic (exact) mass is 379 g/mol. The van der Waals surface area contributed by atoms with Crippen LogP contribution in [-0.2, 0) is 0 Å². The summed E-state index contributed by atoms with van der Waals surface area (Å²) in [4.78, 5) is 14.9. The van der Waals surface area contributed by atoms with Crippen molar-refractivity contribution in [3.8, 4) is 11.3 Å². The number of nitrogens with one attached hydrogen (secondary N) is 1. The van der Waals surface area contributed by atoms with E-state index < -0.39 is 0 Å². The number of amides is 1. The number of aromatic nitrogens is 1. The number of fused-ring (bicyclic) bond motifs is 1. The molecule has 0 saturated heterocycles. The van der Waals surface area contributed by atoms with E-state index in [9.17, 15) is 4.79 Å². The molecule has 0 aliphatic rings. The van der Waals surface area contributed by atoms with Crippen molar-refractivity contribution in [2.45, 2.75) is 39.7 Å². The Kier molecular flexibility index (Phi) is 6.82. The summed E-state index contributed by atoms with van der Waals surface area (Å²) >= 11 is 0. The van der Waals surface area contributed by atoms with Gasteiger partial charge in [0, 0.05) is 17.7 Å². The van der Waals surface area contributed by atoms with Crippen LogP contribution in [0.1, 0.15) is 44.1 Å². The molecule has 0 radical (unpaired) electrons. The first-order valence-electron chi connectivity index (χ1n) is 10.1. The molecule has 0 unspecified atom stereocenters. The zero-order valence-electron chi connectivity index (χ0n) is 16.9. The maximum atomic E-state index is 12.5. The van der Waals surface area contributed by atoms with E-state index in [1.54, 1.807) is 6.07 Å². The summed E-state index contributed by atoms with van der Waals surface area (Å²) < 4.78 is 5.43. The molecule has 3 aromatic rings. The number of benzene rings is 2. The molecule has 0 saturated carbocycles. The van der Waals surface area contributed by atoms with Crippen molar-refractivity contribution in [3.63, 3.8) is 0 Å². The predicted molar refractivity (Wildman–Crippen MR) is 113 cm³/mol. The fourth-order valence-electron chi connectivity index (χ4n) is 3.39. The first-order valence-corrected chi connectivity index (χ1v) is 10.1.